The zero-order chi connectivity index (χ0) is 17.0. The Morgan fingerprint density at radius 3 is 2.70 bits per heavy atom. The molecule has 1 aromatic carbocycles. The van der Waals surface area contributed by atoms with Gasteiger partial charge in [-0.2, -0.15) is 5.10 Å². The first-order valence-electron chi connectivity index (χ1n) is 7.56. The largest absolute Gasteiger partial charge is 0.496 e. The lowest BCUT2D eigenvalue weighted by Crippen LogP contribution is -2.42. The van der Waals surface area contributed by atoms with E-state index in [2.05, 4.69) is 10.2 Å². The number of rotatable bonds is 6. The number of hydrogen-bond donors (Lipinski definition) is 2. The van der Waals surface area contributed by atoms with Gasteiger partial charge in [0, 0.05) is 18.7 Å². The Morgan fingerprint density at radius 1 is 1.39 bits per heavy atom. The van der Waals surface area contributed by atoms with Crippen LogP contribution in [0.1, 0.15) is 31.3 Å². The van der Waals surface area contributed by atoms with E-state index < -0.39 is 5.60 Å². The van der Waals surface area contributed by atoms with Crippen LogP contribution in [0.2, 0.25) is 0 Å². The number of aromatic amines is 1. The van der Waals surface area contributed by atoms with Gasteiger partial charge in [0.25, 0.3) is 5.91 Å². The number of aliphatic hydroxyl groups is 1. The highest BCUT2D eigenvalue weighted by Crippen LogP contribution is 2.28. The Hall–Kier alpha value is -2.34. The second-order valence-electron chi connectivity index (χ2n) is 6.00. The van der Waals surface area contributed by atoms with Crippen molar-refractivity contribution in [3.05, 3.63) is 36.0 Å². The minimum absolute atomic E-state index is 0.191. The molecule has 0 saturated heterocycles. The lowest BCUT2D eigenvalue weighted by Gasteiger charge is -2.27. The molecule has 0 aliphatic carbocycles. The number of likely N-dealkylation sites (N-methyl/N-ethyl adjacent to an activating group) is 1. The third-order valence-corrected chi connectivity index (χ3v) is 3.44. The minimum Gasteiger partial charge on any atom is -0.496 e. The molecular weight excluding hydrogens is 294 g/mol. The second-order valence-corrected chi connectivity index (χ2v) is 6.00. The van der Waals surface area contributed by atoms with E-state index in [1.54, 1.807) is 31.9 Å². The maximum atomic E-state index is 12.6. The summed E-state index contributed by atoms with van der Waals surface area (Å²) in [4.78, 5) is 14.1. The second kappa shape index (κ2) is 6.83. The Bertz CT molecular complexity index is 674. The number of methoxy groups -OCH3 is 1. The molecule has 0 saturated carbocycles. The van der Waals surface area contributed by atoms with Gasteiger partial charge < -0.3 is 14.7 Å². The van der Waals surface area contributed by atoms with Crippen LogP contribution in [0.3, 0.4) is 0 Å². The highest BCUT2D eigenvalue weighted by Gasteiger charge is 2.24. The van der Waals surface area contributed by atoms with E-state index in [-0.39, 0.29) is 12.5 Å². The van der Waals surface area contributed by atoms with Gasteiger partial charge in [-0.3, -0.25) is 9.89 Å². The molecule has 2 N–H and O–H groups in total. The third-order valence-electron chi connectivity index (χ3n) is 3.44. The Morgan fingerprint density at radius 2 is 2.09 bits per heavy atom. The van der Waals surface area contributed by atoms with E-state index in [9.17, 15) is 9.90 Å². The zero-order valence-corrected chi connectivity index (χ0v) is 14.0. The standard InChI is InChI=1S/C17H23N3O3/c1-5-20(11-17(2,3)22)16(21)14-10-13(18-19-14)12-8-6-7-9-15(12)23-4/h6-10,22H,5,11H2,1-4H3,(H,18,19). The summed E-state index contributed by atoms with van der Waals surface area (Å²) in [5.74, 6) is 0.505. The smallest absolute Gasteiger partial charge is 0.271 e. The van der Waals surface area contributed by atoms with Crippen LogP contribution in [0.5, 0.6) is 5.75 Å². The number of amides is 1. The summed E-state index contributed by atoms with van der Waals surface area (Å²) in [5, 5.41) is 16.9. The Balaban J connectivity index is 2.26. The van der Waals surface area contributed by atoms with E-state index in [4.69, 9.17) is 4.74 Å². The summed E-state index contributed by atoms with van der Waals surface area (Å²) in [6.45, 7) is 5.99. The zero-order valence-electron chi connectivity index (χ0n) is 14.0. The summed E-state index contributed by atoms with van der Waals surface area (Å²) >= 11 is 0. The predicted molar refractivity (Wildman–Crippen MR) is 88.5 cm³/mol. The number of ether oxygens (including phenoxy) is 1. The summed E-state index contributed by atoms with van der Waals surface area (Å²) in [6.07, 6.45) is 0. The van der Waals surface area contributed by atoms with E-state index in [0.29, 0.717) is 23.7 Å². The molecule has 0 bridgehead atoms. The molecule has 124 valence electrons. The lowest BCUT2D eigenvalue weighted by atomic mass is 10.1. The first kappa shape index (κ1) is 17.0. The van der Waals surface area contributed by atoms with Gasteiger partial charge in [0.05, 0.1) is 18.4 Å². The first-order valence-corrected chi connectivity index (χ1v) is 7.56. The van der Waals surface area contributed by atoms with Crippen LogP contribution in [-0.4, -0.2) is 51.9 Å². The van der Waals surface area contributed by atoms with Crippen molar-refractivity contribution >= 4 is 5.91 Å². The lowest BCUT2D eigenvalue weighted by molar-refractivity contribution is 0.0311. The van der Waals surface area contributed by atoms with Crippen LogP contribution in [0, 0.1) is 0 Å². The average Bonchev–Trinajstić information content (AvgIpc) is 3.00. The minimum atomic E-state index is -0.947. The fraction of sp³-hybridized carbons (Fsp3) is 0.412. The number of benzene rings is 1. The molecule has 0 aliphatic heterocycles. The fourth-order valence-electron chi connectivity index (χ4n) is 2.39. The normalized spacial score (nSPS) is 11.3. The predicted octanol–water partition coefficient (Wildman–Crippen LogP) is 2.32. The Kier molecular flexibility index (Phi) is 5.05. The summed E-state index contributed by atoms with van der Waals surface area (Å²) in [6, 6.07) is 9.20. The van der Waals surface area contributed by atoms with Gasteiger partial charge in [0.2, 0.25) is 0 Å². The van der Waals surface area contributed by atoms with Gasteiger partial charge in [-0.1, -0.05) is 12.1 Å². The van der Waals surface area contributed by atoms with E-state index >= 15 is 0 Å². The van der Waals surface area contributed by atoms with Crippen molar-refractivity contribution in [3.63, 3.8) is 0 Å². The maximum absolute atomic E-state index is 12.6. The molecule has 2 aromatic rings. The van der Waals surface area contributed by atoms with Gasteiger partial charge in [0.15, 0.2) is 0 Å². The van der Waals surface area contributed by atoms with Gasteiger partial charge in [-0.15, -0.1) is 0 Å². The number of carbonyl (C=O) groups excluding carboxylic acids is 1. The third kappa shape index (κ3) is 4.10. The molecule has 23 heavy (non-hydrogen) atoms. The van der Waals surface area contributed by atoms with Crippen molar-refractivity contribution in [2.75, 3.05) is 20.2 Å². The molecular formula is C17H23N3O3. The van der Waals surface area contributed by atoms with Crippen molar-refractivity contribution in [3.8, 4) is 17.0 Å². The fourth-order valence-corrected chi connectivity index (χ4v) is 2.39. The molecule has 1 heterocycles. The molecule has 2 rings (SSSR count). The molecule has 6 nitrogen and oxygen atoms in total. The molecule has 1 aromatic heterocycles. The van der Waals surface area contributed by atoms with Crippen LogP contribution in [-0.2, 0) is 0 Å². The summed E-state index contributed by atoms with van der Waals surface area (Å²) in [7, 11) is 1.60. The van der Waals surface area contributed by atoms with Crippen LogP contribution in [0.25, 0.3) is 11.3 Å². The highest BCUT2D eigenvalue weighted by molar-refractivity contribution is 5.93. The molecule has 6 heteroatoms. The molecule has 1 amide bonds. The first-order chi connectivity index (χ1) is 10.9. The monoisotopic (exact) mass is 317 g/mol. The maximum Gasteiger partial charge on any atom is 0.271 e. The average molecular weight is 317 g/mol. The quantitative estimate of drug-likeness (QED) is 0.857. The van der Waals surface area contributed by atoms with Crippen molar-refractivity contribution < 1.29 is 14.6 Å². The van der Waals surface area contributed by atoms with Gasteiger partial charge >= 0.3 is 0 Å². The molecule has 0 aliphatic rings. The number of nitrogens with zero attached hydrogens (tertiary/aromatic N) is 2. The van der Waals surface area contributed by atoms with Crippen LogP contribution < -0.4 is 4.74 Å². The summed E-state index contributed by atoms with van der Waals surface area (Å²) < 4.78 is 5.32. The van der Waals surface area contributed by atoms with Crippen molar-refractivity contribution in [1.82, 2.24) is 15.1 Å². The number of H-pyrrole nitrogens is 1. The Labute approximate surface area is 136 Å². The van der Waals surface area contributed by atoms with Gasteiger partial charge in [-0.05, 0) is 39.0 Å². The van der Waals surface area contributed by atoms with E-state index in [1.807, 2.05) is 31.2 Å². The molecule has 0 radical (unpaired) electrons. The van der Waals surface area contributed by atoms with Crippen LogP contribution in [0.15, 0.2) is 30.3 Å². The number of nitrogens with one attached hydrogen (secondary N) is 1. The van der Waals surface area contributed by atoms with E-state index in [0.717, 1.165) is 5.56 Å². The van der Waals surface area contributed by atoms with Crippen LogP contribution in [0.4, 0.5) is 0 Å². The van der Waals surface area contributed by atoms with Crippen molar-refractivity contribution in [2.45, 2.75) is 26.4 Å². The van der Waals surface area contributed by atoms with Crippen molar-refractivity contribution in [1.29, 1.82) is 0 Å². The molecule has 0 spiro atoms. The number of aromatic nitrogens is 2. The molecule has 0 atom stereocenters. The van der Waals surface area contributed by atoms with Crippen molar-refractivity contribution in [2.24, 2.45) is 0 Å². The summed E-state index contributed by atoms with van der Waals surface area (Å²) in [5.41, 5.74) is 0.898. The number of carbonyl (C=O) groups is 1. The van der Waals surface area contributed by atoms with E-state index in [1.165, 1.54) is 0 Å². The van der Waals surface area contributed by atoms with Gasteiger partial charge in [-0.25, -0.2) is 0 Å². The topological polar surface area (TPSA) is 78.4 Å². The number of para-hydroxylation sites is 1. The highest BCUT2D eigenvalue weighted by atomic mass is 16.5. The van der Waals surface area contributed by atoms with Crippen LogP contribution >= 0.6 is 0 Å². The molecule has 0 fully saturated rings. The molecule has 0 unspecified atom stereocenters. The SMILES string of the molecule is CCN(CC(C)(C)O)C(=O)c1cc(-c2ccccc2OC)n[nH]1. The van der Waals surface area contributed by atoms with Gasteiger partial charge in [0.1, 0.15) is 11.4 Å². The number of hydrogen-bond acceptors (Lipinski definition) is 4.